The van der Waals surface area contributed by atoms with Gasteiger partial charge < -0.3 is 14.8 Å². The molecule has 2 aliphatic heterocycles. The Labute approximate surface area is 268 Å². The molecule has 238 valence electrons. The summed E-state index contributed by atoms with van der Waals surface area (Å²) in [5.41, 5.74) is 0.723. The number of alkyl halides is 3. The maximum atomic E-state index is 14.1. The lowest BCUT2D eigenvalue weighted by molar-refractivity contribution is -0.137. The third-order valence-corrected chi connectivity index (χ3v) is 10.6. The highest BCUT2D eigenvalue weighted by Crippen LogP contribution is 2.54. The van der Waals surface area contributed by atoms with Gasteiger partial charge in [-0.2, -0.15) is 13.2 Å². The van der Waals surface area contributed by atoms with Crippen LogP contribution in [0.4, 0.5) is 24.5 Å². The summed E-state index contributed by atoms with van der Waals surface area (Å²) < 4.78 is 52.8. The van der Waals surface area contributed by atoms with Gasteiger partial charge in [0, 0.05) is 16.5 Å². The zero-order valence-corrected chi connectivity index (χ0v) is 26.2. The Kier molecular flexibility index (Phi) is 8.19. The van der Waals surface area contributed by atoms with Crippen LogP contribution in [-0.2, 0) is 27.1 Å². The van der Waals surface area contributed by atoms with Crippen LogP contribution in [0.5, 0.6) is 11.5 Å². The Morgan fingerprint density at radius 2 is 1.67 bits per heavy atom. The Balaban J connectivity index is 1.45. The van der Waals surface area contributed by atoms with Crippen molar-refractivity contribution in [3.63, 3.8) is 0 Å². The lowest BCUT2D eigenvalue weighted by atomic mass is 9.83. The molecule has 3 amide bonds. The maximum absolute atomic E-state index is 14.1. The van der Waals surface area contributed by atoms with E-state index < -0.39 is 51.4 Å². The van der Waals surface area contributed by atoms with E-state index in [1.54, 1.807) is 30.3 Å². The van der Waals surface area contributed by atoms with Gasteiger partial charge in [0.25, 0.3) is 0 Å². The summed E-state index contributed by atoms with van der Waals surface area (Å²) in [7, 11) is 2.90. The van der Waals surface area contributed by atoms with Gasteiger partial charge in [0.2, 0.25) is 17.7 Å². The third-order valence-electron chi connectivity index (χ3n) is 7.97. The van der Waals surface area contributed by atoms with Crippen LogP contribution in [0, 0.1) is 12.8 Å². The molecule has 6 rings (SSSR count). The first kappa shape index (κ1) is 31.4. The van der Waals surface area contributed by atoms with Crippen LogP contribution in [0.25, 0.3) is 0 Å². The second-order valence-electron chi connectivity index (χ2n) is 10.7. The maximum Gasteiger partial charge on any atom is 0.416 e. The lowest BCUT2D eigenvalue weighted by Gasteiger charge is -2.31. The molecule has 0 aliphatic carbocycles. The molecule has 3 aromatic carbocycles. The number of halogens is 3. The van der Waals surface area contributed by atoms with E-state index in [0.717, 1.165) is 51.8 Å². The minimum Gasteiger partial charge on any atom is -0.493 e. The summed E-state index contributed by atoms with van der Waals surface area (Å²) in [4.78, 5) is 55.4. The normalized spacial score (nSPS) is 19.1. The summed E-state index contributed by atoms with van der Waals surface area (Å²) in [5, 5.41) is 2.05. The Bertz CT molecular complexity index is 1940. The van der Waals surface area contributed by atoms with Gasteiger partial charge in [-0.3, -0.25) is 23.7 Å². The average molecular weight is 670 g/mol. The largest absolute Gasteiger partial charge is 0.493 e. The number of carbonyl (C=O) groups is 3. The van der Waals surface area contributed by atoms with Gasteiger partial charge in [0.1, 0.15) is 11.8 Å². The standard InChI is InChI=1S/C32H26F3N3O6S2/c1-16-7-4-5-10-20(16)36-23(39)15-37-30-27(46-31(37)42)24(17-11-12-21(43-2)22(13-17)44-3)25-26(45-30)29(41)38(28(25)40)19-9-6-8-18(14-19)32(33,34)35/h4-14,24-26H,15H2,1-3H3,(H,36,39)/t24-,25?,26?/m1/s1. The number of para-hydroxylation sites is 1. The van der Waals surface area contributed by atoms with Gasteiger partial charge in [0.15, 0.2) is 11.5 Å². The molecule has 9 nitrogen and oxygen atoms in total. The summed E-state index contributed by atoms with van der Waals surface area (Å²) in [6, 6.07) is 16.2. The van der Waals surface area contributed by atoms with Gasteiger partial charge in [0.05, 0.1) is 36.4 Å². The van der Waals surface area contributed by atoms with Crippen LogP contribution in [0.15, 0.2) is 76.6 Å². The SMILES string of the molecule is COc1ccc([C@H]2c3sc(=O)n(CC(=O)Nc4ccccc4C)c3SC3C(=O)N(c4cccc(C(F)(F)F)c4)C(=O)C32)cc1OC. The fourth-order valence-corrected chi connectivity index (χ4v) is 8.56. The number of thioether (sulfide) groups is 1. The van der Waals surface area contributed by atoms with Crippen LogP contribution in [0.1, 0.15) is 27.5 Å². The van der Waals surface area contributed by atoms with E-state index in [9.17, 15) is 32.3 Å². The number of anilines is 2. The molecule has 3 heterocycles. The number of benzene rings is 3. The van der Waals surface area contributed by atoms with Crippen LogP contribution in [0.2, 0.25) is 0 Å². The molecule has 0 saturated carbocycles. The lowest BCUT2D eigenvalue weighted by Crippen LogP contribution is -2.33. The van der Waals surface area contributed by atoms with Gasteiger partial charge in [-0.25, -0.2) is 4.90 Å². The van der Waals surface area contributed by atoms with Crippen molar-refractivity contribution in [1.82, 2.24) is 4.57 Å². The number of carbonyl (C=O) groups excluding carboxylic acids is 3. The Morgan fingerprint density at radius 1 is 0.935 bits per heavy atom. The minimum atomic E-state index is -4.69. The van der Waals surface area contributed by atoms with Crippen molar-refractivity contribution < 1.29 is 37.0 Å². The van der Waals surface area contributed by atoms with E-state index in [1.807, 2.05) is 19.1 Å². The molecule has 0 bridgehead atoms. The first-order chi connectivity index (χ1) is 21.9. The van der Waals surface area contributed by atoms with Gasteiger partial charge in [-0.05, 0) is 54.4 Å². The number of aryl methyl sites for hydroxylation is 1. The number of nitrogens with one attached hydrogen (secondary N) is 1. The number of thiazole rings is 1. The van der Waals surface area contributed by atoms with Crippen molar-refractivity contribution in [2.75, 3.05) is 24.4 Å². The summed E-state index contributed by atoms with van der Waals surface area (Å²) >= 11 is 1.82. The van der Waals surface area contributed by atoms with Crippen molar-refractivity contribution in [3.8, 4) is 11.5 Å². The molecule has 14 heteroatoms. The summed E-state index contributed by atoms with van der Waals surface area (Å²) in [6.45, 7) is 1.47. The fraction of sp³-hybridized carbons (Fsp3) is 0.250. The van der Waals surface area contributed by atoms with Gasteiger partial charge in [-0.15, -0.1) is 0 Å². The topological polar surface area (TPSA) is 107 Å². The number of ether oxygens (including phenoxy) is 2. The van der Waals surface area contributed by atoms with E-state index in [4.69, 9.17) is 9.47 Å². The van der Waals surface area contributed by atoms with E-state index in [1.165, 1.54) is 24.9 Å². The number of aromatic nitrogens is 1. The van der Waals surface area contributed by atoms with E-state index in [-0.39, 0.29) is 12.2 Å². The fourth-order valence-electron chi connectivity index (χ4n) is 5.78. The molecule has 2 unspecified atom stereocenters. The second kappa shape index (κ2) is 12.0. The molecule has 1 saturated heterocycles. The number of hydrogen-bond donors (Lipinski definition) is 1. The molecule has 2 aliphatic rings. The van der Waals surface area contributed by atoms with Crippen LogP contribution in [0.3, 0.4) is 0 Å². The average Bonchev–Trinajstić information content (AvgIpc) is 3.47. The molecule has 0 radical (unpaired) electrons. The number of hydrogen-bond acceptors (Lipinski definition) is 8. The zero-order valence-electron chi connectivity index (χ0n) is 24.6. The molecule has 46 heavy (non-hydrogen) atoms. The highest BCUT2D eigenvalue weighted by atomic mass is 32.2. The molecule has 4 aromatic rings. The van der Waals surface area contributed by atoms with Crippen molar-refractivity contribution >= 4 is 52.2 Å². The number of rotatable bonds is 7. The third kappa shape index (κ3) is 5.45. The van der Waals surface area contributed by atoms with Crippen LogP contribution in [-0.4, -0.2) is 41.8 Å². The first-order valence-electron chi connectivity index (χ1n) is 14.0. The molecule has 3 atom stereocenters. The molecule has 1 fully saturated rings. The number of fused-ring (bicyclic) bond motifs is 2. The van der Waals surface area contributed by atoms with Gasteiger partial charge in [-0.1, -0.05) is 53.4 Å². The van der Waals surface area contributed by atoms with E-state index >= 15 is 0 Å². The Hall–Kier alpha value is -4.56. The predicted octanol–water partition coefficient (Wildman–Crippen LogP) is 5.69. The van der Waals surface area contributed by atoms with Crippen molar-refractivity contribution in [2.24, 2.45) is 5.92 Å². The predicted molar refractivity (Wildman–Crippen MR) is 167 cm³/mol. The Morgan fingerprint density at radius 3 is 2.37 bits per heavy atom. The molecule has 0 spiro atoms. The molecular formula is C32H26F3N3O6S2. The highest BCUT2D eigenvalue weighted by molar-refractivity contribution is 8.00. The van der Waals surface area contributed by atoms with Crippen molar-refractivity contribution in [2.45, 2.75) is 35.8 Å². The van der Waals surface area contributed by atoms with Crippen LogP contribution >= 0.6 is 23.1 Å². The first-order valence-corrected chi connectivity index (χ1v) is 15.6. The number of imide groups is 1. The molecule has 1 N–H and O–H groups in total. The van der Waals surface area contributed by atoms with Crippen molar-refractivity contribution in [3.05, 3.63) is 98.0 Å². The monoisotopic (exact) mass is 669 g/mol. The molecular weight excluding hydrogens is 643 g/mol. The second-order valence-corrected chi connectivity index (χ2v) is 12.8. The van der Waals surface area contributed by atoms with E-state index in [2.05, 4.69) is 5.32 Å². The minimum absolute atomic E-state index is 0.204. The quantitative estimate of drug-likeness (QED) is 0.252. The smallest absolute Gasteiger partial charge is 0.416 e. The van der Waals surface area contributed by atoms with E-state index in [0.29, 0.717) is 32.7 Å². The zero-order chi connectivity index (χ0) is 32.9. The van der Waals surface area contributed by atoms with Crippen LogP contribution < -0.4 is 24.6 Å². The van der Waals surface area contributed by atoms with Crippen molar-refractivity contribution in [1.29, 1.82) is 0 Å². The number of nitrogens with zero attached hydrogens (tertiary/aromatic N) is 2. The summed E-state index contributed by atoms with van der Waals surface area (Å²) in [5.74, 6) is -3.06. The highest BCUT2D eigenvalue weighted by Gasteiger charge is 2.57. The van der Waals surface area contributed by atoms with Gasteiger partial charge >= 0.3 is 11.0 Å². The molecule has 1 aromatic heterocycles. The number of methoxy groups -OCH3 is 2. The summed E-state index contributed by atoms with van der Waals surface area (Å²) in [6.07, 6.45) is -4.69. The number of amides is 3.